The van der Waals surface area contributed by atoms with Gasteiger partial charge in [-0.3, -0.25) is 0 Å². The van der Waals surface area contributed by atoms with Gasteiger partial charge in [0.1, 0.15) is 5.82 Å². The fraction of sp³-hybridized carbons (Fsp3) is 0.238. The lowest BCUT2D eigenvalue weighted by Crippen LogP contribution is -2.16. The van der Waals surface area contributed by atoms with Gasteiger partial charge >= 0.3 is 6.18 Å². The van der Waals surface area contributed by atoms with Crippen LogP contribution in [0, 0.1) is 0 Å². The van der Waals surface area contributed by atoms with Crippen molar-refractivity contribution in [3.63, 3.8) is 0 Å². The highest BCUT2D eigenvalue weighted by Gasteiger charge is 2.30. The topological polar surface area (TPSA) is 49.8 Å². The zero-order chi connectivity index (χ0) is 21.0. The van der Waals surface area contributed by atoms with Crippen LogP contribution in [-0.4, -0.2) is 16.0 Å². The minimum Gasteiger partial charge on any atom is -0.352 e. The Morgan fingerprint density at radius 3 is 2.38 bits per heavy atom. The molecule has 0 aliphatic heterocycles. The average molecular weight is 421 g/mol. The lowest BCUT2D eigenvalue weighted by atomic mass is 10.1. The quantitative estimate of drug-likeness (QED) is 0.462. The Balaban J connectivity index is 1.97. The van der Waals surface area contributed by atoms with Crippen LogP contribution in [0.4, 0.5) is 30.6 Å². The van der Waals surface area contributed by atoms with Crippen LogP contribution >= 0.6 is 11.6 Å². The molecule has 152 valence electrons. The van der Waals surface area contributed by atoms with Crippen LogP contribution < -0.4 is 10.6 Å². The second-order valence-corrected chi connectivity index (χ2v) is 7.01. The number of benzene rings is 2. The highest BCUT2D eigenvalue weighted by atomic mass is 35.5. The molecule has 0 radical (unpaired) electrons. The molecule has 0 amide bonds. The maximum Gasteiger partial charge on any atom is 0.416 e. The summed E-state index contributed by atoms with van der Waals surface area (Å²) < 4.78 is 38.6. The molecule has 8 heteroatoms. The van der Waals surface area contributed by atoms with Gasteiger partial charge in [-0.05, 0) is 31.5 Å². The van der Waals surface area contributed by atoms with Crippen molar-refractivity contribution in [1.82, 2.24) is 9.97 Å². The zero-order valence-corrected chi connectivity index (χ0v) is 16.6. The van der Waals surface area contributed by atoms with Crippen molar-refractivity contribution in [3.8, 4) is 11.3 Å². The maximum atomic E-state index is 12.9. The summed E-state index contributed by atoms with van der Waals surface area (Å²) in [7, 11) is 0. The van der Waals surface area contributed by atoms with E-state index in [4.69, 9.17) is 11.6 Å². The number of alkyl halides is 3. The minimum absolute atomic E-state index is 0.0452. The normalized spacial score (nSPS) is 12.5. The van der Waals surface area contributed by atoms with Crippen LogP contribution in [0.25, 0.3) is 11.3 Å². The van der Waals surface area contributed by atoms with Crippen LogP contribution in [0.2, 0.25) is 5.02 Å². The summed E-state index contributed by atoms with van der Waals surface area (Å²) in [4.78, 5) is 9.00. The van der Waals surface area contributed by atoms with E-state index < -0.39 is 11.7 Å². The first-order valence-corrected chi connectivity index (χ1v) is 9.49. The first kappa shape index (κ1) is 20.9. The molecule has 4 nitrogen and oxygen atoms in total. The van der Waals surface area contributed by atoms with Gasteiger partial charge in [-0.15, -0.1) is 0 Å². The van der Waals surface area contributed by atoms with E-state index in [1.54, 1.807) is 6.07 Å². The number of nitrogens with one attached hydrogen (secondary N) is 2. The number of anilines is 3. The third-order valence-corrected chi connectivity index (χ3v) is 4.66. The summed E-state index contributed by atoms with van der Waals surface area (Å²) in [5.74, 6) is 0.845. The molecule has 1 heterocycles. The Kier molecular flexibility index (Phi) is 6.27. The molecule has 0 unspecified atom stereocenters. The standard InChI is InChI=1S/C21H20ClF3N4/c1-3-13(2)26-20-28-18(14-7-5-4-6-8-14)12-19(29-20)27-17-10-9-15(11-16(17)22)21(23,24)25/h4-13H,3H2,1-2H3,(H2,26,27,28,29)/t13-/m1/s1. The van der Waals surface area contributed by atoms with Crippen molar-refractivity contribution in [2.75, 3.05) is 10.6 Å². The number of hydrogen-bond donors (Lipinski definition) is 2. The van der Waals surface area contributed by atoms with E-state index in [1.165, 1.54) is 6.07 Å². The van der Waals surface area contributed by atoms with E-state index in [-0.39, 0.29) is 11.1 Å². The SMILES string of the molecule is CC[C@@H](C)Nc1nc(Nc2ccc(C(F)(F)F)cc2Cl)cc(-c2ccccc2)n1. The number of halogens is 4. The van der Waals surface area contributed by atoms with Crippen molar-refractivity contribution in [2.45, 2.75) is 32.5 Å². The monoisotopic (exact) mass is 420 g/mol. The van der Waals surface area contributed by atoms with Crippen molar-refractivity contribution in [1.29, 1.82) is 0 Å². The van der Waals surface area contributed by atoms with E-state index in [0.29, 0.717) is 23.1 Å². The third kappa shape index (κ3) is 5.38. The molecular formula is C21H20ClF3N4. The highest BCUT2D eigenvalue weighted by Crippen LogP contribution is 2.35. The molecule has 0 aliphatic rings. The Morgan fingerprint density at radius 1 is 1.03 bits per heavy atom. The summed E-state index contributed by atoms with van der Waals surface area (Å²) >= 11 is 6.07. The molecule has 0 spiro atoms. The van der Waals surface area contributed by atoms with Crippen LogP contribution in [-0.2, 0) is 6.18 Å². The van der Waals surface area contributed by atoms with Crippen molar-refractivity contribution < 1.29 is 13.2 Å². The molecule has 29 heavy (non-hydrogen) atoms. The van der Waals surface area contributed by atoms with Crippen molar-refractivity contribution in [3.05, 3.63) is 65.2 Å². The van der Waals surface area contributed by atoms with E-state index in [0.717, 1.165) is 24.1 Å². The smallest absolute Gasteiger partial charge is 0.352 e. The van der Waals surface area contributed by atoms with Gasteiger partial charge < -0.3 is 10.6 Å². The van der Waals surface area contributed by atoms with Crippen LogP contribution in [0.15, 0.2) is 54.6 Å². The highest BCUT2D eigenvalue weighted by molar-refractivity contribution is 6.33. The summed E-state index contributed by atoms with van der Waals surface area (Å²) in [6.45, 7) is 4.05. The first-order chi connectivity index (χ1) is 13.8. The van der Waals surface area contributed by atoms with E-state index in [2.05, 4.69) is 20.6 Å². The minimum atomic E-state index is -4.45. The summed E-state index contributed by atoms with van der Waals surface area (Å²) in [5, 5.41) is 6.18. The number of rotatable bonds is 6. The molecule has 2 N–H and O–H groups in total. The first-order valence-electron chi connectivity index (χ1n) is 9.11. The average Bonchev–Trinajstić information content (AvgIpc) is 2.69. The van der Waals surface area contributed by atoms with Crippen LogP contribution in [0.1, 0.15) is 25.8 Å². The fourth-order valence-corrected chi connectivity index (χ4v) is 2.81. The predicted octanol–water partition coefficient (Wildman–Crippen LogP) is 6.77. The van der Waals surface area contributed by atoms with E-state index in [1.807, 2.05) is 44.2 Å². The Labute approximate surface area is 172 Å². The fourth-order valence-electron chi connectivity index (χ4n) is 2.59. The predicted molar refractivity (Wildman–Crippen MR) is 111 cm³/mol. The van der Waals surface area contributed by atoms with E-state index >= 15 is 0 Å². The third-order valence-electron chi connectivity index (χ3n) is 4.34. The van der Waals surface area contributed by atoms with Crippen molar-refractivity contribution >= 4 is 29.1 Å². The molecular weight excluding hydrogens is 401 g/mol. The molecule has 0 fully saturated rings. The summed E-state index contributed by atoms with van der Waals surface area (Å²) in [6, 6.07) is 14.6. The second kappa shape index (κ2) is 8.69. The largest absolute Gasteiger partial charge is 0.416 e. The summed E-state index contributed by atoms with van der Waals surface area (Å²) in [6.07, 6.45) is -3.57. The van der Waals surface area contributed by atoms with Gasteiger partial charge in [0, 0.05) is 17.7 Å². The molecule has 1 aromatic heterocycles. The van der Waals surface area contributed by atoms with E-state index in [9.17, 15) is 13.2 Å². The molecule has 3 aromatic rings. The maximum absolute atomic E-state index is 12.9. The Morgan fingerprint density at radius 2 is 1.76 bits per heavy atom. The molecule has 0 saturated carbocycles. The number of nitrogens with zero attached hydrogens (tertiary/aromatic N) is 2. The van der Waals surface area contributed by atoms with Gasteiger partial charge in [-0.2, -0.15) is 18.2 Å². The van der Waals surface area contributed by atoms with Gasteiger partial charge in [-0.25, -0.2) is 4.98 Å². The number of aromatic nitrogens is 2. The van der Waals surface area contributed by atoms with Gasteiger partial charge in [0.25, 0.3) is 0 Å². The molecule has 0 saturated heterocycles. The Bertz CT molecular complexity index is 977. The summed E-state index contributed by atoms with van der Waals surface area (Å²) in [5.41, 5.74) is 1.09. The Hall–Kier alpha value is -2.80. The lowest BCUT2D eigenvalue weighted by Gasteiger charge is -2.15. The molecule has 1 atom stereocenters. The van der Waals surface area contributed by atoms with Gasteiger partial charge in [0.05, 0.1) is 22.0 Å². The van der Waals surface area contributed by atoms with Crippen LogP contribution in [0.3, 0.4) is 0 Å². The molecule has 3 rings (SSSR count). The van der Waals surface area contributed by atoms with Gasteiger partial charge in [0.2, 0.25) is 5.95 Å². The van der Waals surface area contributed by atoms with Crippen LogP contribution in [0.5, 0.6) is 0 Å². The van der Waals surface area contributed by atoms with Gasteiger partial charge in [-0.1, -0.05) is 48.9 Å². The van der Waals surface area contributed by atoms with Gasteiger partial charge in [0.15, 0.2) is 0 Å². The zero-order valence-electron chi connectivity index (χ0n) is 15.9. The second-order valence-electron chi connectivity index (χ2n) is 6.60. The molecule has 0 bridgehead atoms. The number of hydrogen-bond acceptors (Lipinski definition) is 4. The lowest BCUT2D eigenvalue weighted by molar-refractivity contribution is -0.137. The molecule has 0 aliphatic carbocycles. The van der Waals surface area contributed by atoms with Crippen molar-refractivity contribution in [2.24, 2.45) is 0 Å². The molecule has 2 aromatic carbocycles.